The molecule has 0 aromatic carbocycles. The first-order chi connectivity index (χ1) is 51.1. The molecule has 0 aromatic heterocycles. The van der Waals surface area contributed by atoms with Crippen LogP contribution in [0.25, 0.3) is 0 Å². The largest absolute Gasteiger partial charge is 0.472 e. The number of ether oxygens (including phenoxy) is 4. The monoisotopic (exact) mass is 1550 g/mol. The zero-order valence-corrected chi connectivity index (χ0v) is 71.9. The fraction of sp³-hybridized carbons (Fsp3) is 0.954. The van der Waals surface area contributed by atoms with Crippen molar-refractivity contribution in [2.75, 3.05) is 39.6 Å². The second kappa shape index (κ2) is 75.7. The van der Waals surface area contributed by atoms with E-state index in [-0.39, 0.29) is 25.7 Å². The molecule has 0 aromatic rings. The lowest BCUT2D eigenvalue weighted by Crippen LogP contribution is -2.30. The summed E-state index contributed by atoms with van der Waals surface area (Å²) in [5, 5.41) is 10.7. The predicted molar refractivity (Wildman–Crippen MR) is 437 cm³/mol. The van der Waals surface area contributed by atoms with Gasteiger partial charge >= 0.3 is 39.5 Å². The van der Waals surface area contributed by atoms with Crippen LogP contribution in [0.1, 0.15) is 453 Å². The summed E-state index contributed by atoms with van der Waals surface area (Å²) in [6, 6.07) is 0. The maximum atomic E-state index is 13.2. The van der Waals surface area contributed by atoms with Gasteiger partial charge in [0.05, 0.1) is 26.4 Å². The number of hydrogen-bond donors (Lipinski definition) is 3. The van der Waals surface area contributed by atoms with Crippen molar-refractivity contribution in [3.63, 3.8) is 0 Å². The molecule has 0 spiro atoms. The lowest BCUT2D eigenvalue weighted by Gasteiger charge is -2.21. The van der Waals surface area contributed by atoms with Crippen LogP contribution in [-0.2, 0) is 65.4 Å². The smallest absolute Gasteiger partial charge is 0.462 e. The van der Waals surface area contributed by atoms with Crippen LogP contribution in [0.4, 0.5) is 0 Å². The van der Waals surface area contributed by atoms with Gasteiger partial charge in [0.15, 0.2) is 12.2 Å². The summed E-state index contributed by atoms with van der Waals surface area (Å²) in [5.74, 6) is 1.05. The highest BCUT2D eigenvalue weighted by molar-refractivity contribution is 7.47. The minimum atomic E-state index is -4.97. The maximum Gasteiger partial charge on any atom is 0.472 e. The summed E-state index contributed by atoms with van der Waals surface area (Å²) in [5.41, 5.74) is 0. The summed E-state index contributed by atoms with van der Waals surface area (Å²) < 4.78 is 68.9. The van der Waals surface area contributed by atoms with Crippen LogP contribution in [0.2, 0.25) is 0 Å². The van der Waals surface area contributed by atoms with Crippen LogP contribution < -0.4 is 0 Å². The Labute approximate surface area is 651 Å². The average molecular weight is 1550 g/mol. The minimum Gasteiger partial charge on any atom is -0.462 e. The third-order valence-electron chi connectivity index (χ3n) is 20.7. The Morgan fingerprint density at radius 3 is 0.670 bits per heavy atom. The van der Waals surface area contributed by atoms with Gasteiger partial charge in [-0.15, -0.1) is 0 Å². The number of unbranched alkanes of at least 4 members (excludes halogenated alkanes) is 49. The number of rotatable bonds is 84. The van der Waals surface area contributed by atoms with Gasteiger partial charge < -0.3 is 33.8 Å². The molecule has 0 saturated heterocycles. The van der Waals surface area contributed by atoms with Gasteiger partial charge in [0.1, 0.15) is 19.3 Å². The van der Waals surface area contributed by atoms with E-state index in [2.05, 4.69) is 55.4 Å². The number of hydrogen-bond acceptors (Lipinski definition) is 15. The van der Waals surface area contributed by atoms with E-state index in [1.807, 2.05) is 0 Å². The molecule has 0 saturated carbocycles. The molecule has 17 nitrogen and oxygen atoms in total. The molecule has 0 amide bonds. The Kier molecular flexibility index (Phi) is 74.3. The number of aliphatic hydroxyl groups excluding tert-OH is 1. The van der Waals surface area contributed by atoms with Gasteiger partial charge in [0.25, 0.3) is 0 Å². The second-order valence-electron chi connectivity index (χ2n) is 33.0. The van der Waals surface area contributed by atoms with Crippen LogP contribution >= 0.6 is 15.6 Å². The number of esters is 4. The predicted octanol–water partition coefficient (Wildman–Crippen LogP) is 26.3. The standard InChI is InChI=1S/C87H170O17P2/c1-9-80(8)66-58-50-42-37-38-44-52-60-68-85(90)98-74-83(104-87(92)70-62-54-46-36-30-33-41-49-57-65-79(6)7)76-102-106(95,96)100-72-81(88)71-99-105(93,94)101-75-82(103-86(91)69-61-53-45-35-29-25-21-17-13-11-15-19-23-27-32-40-48-56-64-78(4)5)73-97-84(89)67-59-51-43-34-28-24-20-16-12-10-14-18-22-26-31-39-47-55-63-77(2)3/h77-83,88H,9-76H2,1-8H3,(H,93,94)(H,95,96)/t80?,81-,82-,83-/m1/s1. The molecule has 106 heavy (non-hydrogen) atoms. The van der Waals surface area contributed by atoms with Crippen LogP contribution in [0.15, 0.2) is 0 Å². The third kappa shape index (κ3) is 78.7. The molecular formula is C87H170O17P2. The Bertz CT molecular complexity index is 2060. The van der Waals surface area contributed by atoms with Crippen LogP contribution in [0, 0.1) is 23.7 Å². The van der Waals surface area contributed by atoms with Crippen LogP contribution in [0.5, 0.6) is 0 Å². The average Bonchev–Trinajstić information content (AvgIpc) is 0.913. The van der Waals surface area contributed by atoms with Gasteiger partial charge in [-0.25, -0.2) is 9.13 Å². The van der Waals surface area contributed by atoms with Crippen LogP contribution in [-0.4, -0.2) is 96.7 Å². The van der Waals surface area contributed by atoms with E-state index in [1.165, 1.54) is 257 Å². The van der Waals surface area contributed by atoms with Crippen molar-refractivity contribution in [2.24, 2.45) is 23.7 Å². The van der Waals surface area contributed by atoms with Gasteiger partial charge in [-0.1, -0.05) is 402 Å². The highest BCUT2D eigenvalue weighted by Crippen LogP contribution is 2.45. The molecular weight excluding hydrogens is 1380 g/mol. The lowest BCUT2D eigenvalue weighted by molar-refractivity contribution is -0.161. The molecule has 0 aliphatic carbocycles. The van der Waals surface area contributed by atoms with Crippen molar-refractivity contribution in [3.8, 4) is 0 Å². The van der Waals surface area contributed by atoms with E-state index in [0.717, 1.165) is 114 Å². The molecule has 0 bridgehead atoms. The van der Waals surface area contributed by atoms with Gasteiger partial charge in [-0.2, -0.15) is 0 Å². The van der Waals surface area contributed by atoms with Crippen molar-refractivity contribution in [3.05, 3.63) is 0 Å². The SMILES string of the molecule is CCC(C)CCCCCCCCCCC(=O)OC[C@H](COP(=O)(O)OC[C@H](O)COP(=O)(O)OC[C@@H](COC(=O)CCCCCCCCCCCCCCCCCCCCC(C)C)OC(=O)CCCCCCCCCCCCCCCCCCCCC(C)C)OC(=O)CCCCCCCCCCCC(C)C. The van der Waals surface area contributed by atoms with E-state index < -0.39 is 97.5 Å². The molecule has 0 rings (SSSR count). The van der Waals surface area contributed by atoms with Crippen LogP contribution in [0.3, 0.4) is 0 Å². The highest BCUT2D eigenvalue weighted by Gasteiger charge is 2.31. The summed E-state index contributed by atoms with van der Waals surface area (Å²) in [6.45, 7) is 14.3. The van der Waals surface area contributed by atoms with Gasteiger partial charge in [0, 0.05) is 25.7 Å². The summed E-state index contributed by atoms with van der Waals surface area (Å²) in [7, 11) is -9.93. The highest BCUT2D eigenvalue weighted by atomic mass is 31.2. The van der Waals surface area contributed by atoms with Gasteiger partial charge in [0.2, 0.25) is 0 Å². The van der Waals surface area contributed by atoms with E-state index >= 15 is 0 Å². The van der Waals surface area contributed by atoms with E-state index in [0.29, 0.717) is 25.7 Å². The second-order valence-corrected chi connectivity index (χ2v) is 35.9. The number of phosphoric acid groups is 2. The quantitative estimate of drug-likeness (QED) is 0.0222. The van der Waals surface area contributed by atoms with E-state index in [1.54, 1.807) is 0 Å². The molecule has 0 aliphatic heterocycles. The molecule has 3 unspecified atom stereocenters. The fourth-order valence-corrected chi connectivity index (χ4v) is 15.0. The maximum absolute atomic E-state index is 13.2. The topological polar surface area (TPSA) is 237 Å². The van der Waals surface area contributed by atoms with E-state index in [4.69, 9.17) is 37.0 Å². The van der Waals surface area contributed by atoms with Gasteiger partial charge in [-0.05, 0) is 49.4 Å². The van der Waals surface area contributed by atoms with Crippen molar-refractivity contribution in [2.45, 2.75) is 472 Å². The van der Waals surface area contributed by atoms with Crippen molar-refractivity contribution >= 4 is 39.5 Å². The molecule has 0 fully saturated rings. The Morgan fingerprint density at radius 2 is 0.453 bits per heavy atom. The summed E-state index contributed by atoms with van der Waals surface area (Å²) in [4.78, 5) is 73.2. The molecule has 3 N–H and O–H groups in total. The lowest BCUT2D eigenvalue weighted by atomic mass is 9.99. The van der Waals surface area contributed by atoms with E-state index in [9.17, 15) is 43.2 Å². The molecule has 6 atom stereocenters. The number of carbonyl (C=O) groups is 4. The Balaban J connectivity index is 5.22. The minimum absolute atomic E-state index is 0.105. The number of carbonyl (C=O) groups excluding carboxylic acids is 4. The molecule has 630 valence electrons. The summed E-state index contributed by atoms with van der Waals surface area (Å²) >= 11 is 0. The molecule has 19 heteroatoms. The van der Waals surface area contributed by atoms with Crippen molar-refractivity contribution in [1.29, 1.82) is 0 Å². The molecule has 0 radical (unpaired) electrons. The number of aliphatic hydroxyl groups is 1. The zero-order valence-electron chi connectivity index (χ0n) is 70.1. The van der Waals surface area contributed by atoms with Crippen molar-refractivity contribution in [1.82, 2.24) is 0 Å². The first-order valence-corrected chi connectivity index (χ1v) is 47.7. The normalized spacial score (nSPS) is 14.2. The molecule has 0 aliphatic rings. The van der Waals surface area contributed by atoms with Gasteiger partial charge in [-0.3, -0.25) is 37.3 Å². The molecule has 0 heterocycles. The first-order valence-electron chi connectivity index (χ1n) is 44.7. The number of phosphoric ester groups is 2. The first kappa shape index (κ1) is 104. The summed E-state index contributed by atoms with van der Waals surface area (Å²) in [6.07, 6.45) is 65.4. The zero-order chi connectivity index (χ0) is 78.1. The Hall–Kier alpha value is -1.94. The Morgan fingerprint density at radius 1 is 0.264 bits per heavy atom. The third-order valence-corrected chi connectivity index (χ3v) is 22.6. The van der Waals surface area contributed by atoms with Crippen molar-refractivity contribution < 1.29 is 80.2 Å². The fourth-order valence-electron chi connectivity index (χ4n) is 13.5.